The monoisotopic (exact) mass is 450 g/mol. The number of esters is 1. The Morgan fingerprint density at radius 2 is 2.06 bits per heavy atom. The molecule has 1 heterocycles. The fourth-order valence-electron chi connectivity index (χ4n) is 3.45. The highest BCUT2D eigenvalue weighted by molar-refractivity contribution is 6.04. The van der Waals surface area contributed by atoms with Crippen LogP contribution in [-0.4, -0.2) is 35.7 Å². The highest BCUT2D eigenvalue weighted by atomic mass is 16.7. The van der Waals surface area contributed by atoms with Crippen LogP contribution in [0.15, 0.2) is 64.2 Å². The van der Waals surface area contributed by atoms with Gasteiger partial charge in [0.15, 0.2) is 5.71 Å². The third kappa shape index (κ3) is 5.99. The van der Waals surface area contributed by atoms with Crippen molar-refractivity contribution in [1.29, 1.82) is 0 Å². The molecule has 7 heteroatoms. The third-order valence-corrected chi connectivity index (χ3v) is 5.50. The maximum atomic E-state index is 12.4. The highest BCUT2D eigenvalue weighted by Gasteiger charge is 2.40. The lowest BCUT2D eigenvalue weighted by atomic mass is 10.0. The summed E-state index contributed by atoms with van der Waals surface area (Å²) in [7, 11) is 0. The Balaban J connectivity index is 1.47. The van der Waals surface area contributed by atoms with Gasteiger partial charge in [-0.1, -0.05) is 42.4 Å². The first kappa shape index (κ1) is 23.0. The van der Waals surface area contributed by atoms with Crippen molar-refractivity contribution < 1.29 is 23.5 Å². The van der Waals surface area contributed by atoms with E-state index in [1.165, 1.54) is 0 Å². The fourth-order valence-corrected chi connectivity index (χ4v) is 3.45. The van der Waals surface area contributed by atoms with Crippen molar-refractivity contribution in [1.82, 2.24) is 4.98 Å². The first-order chi connectivity index (χ1) is 16.1. The van der Waals surface area contributed by atoms with E-state index in [1.807, 2.05) is 50.3 Å². The van der Waals surface area contributed by atoms with E-state index in [-0.39, 0.29) is 12.6 Å². The molecule has 2 aromatic rings. The van der Waals surface area contributed by atoms with Gasteiger partial charge in [-0.15, -0.1) is 0 Å². The highest BCUT2D eigenvalue weighted by Crippen LogP contribution is 2.30. The summed E-state index contributed by atoms with van der Waals surface area (Å²) in [5.74, 6) is 0.0871. The summed E-state index contributed by atoms with van der Waals surface area (Å²) in [6, 6.07) is 9.75. The van der Waals surface area contributed by atoms with Crippen LogP contribution in [0.5, 0.6) is 0 Å². The first-order valence-electron chi connectivity index (χ1n) is 11.5. The zero-order chi connectivity index (χ0) is 23.1. The molecule has 33 heavy (non-hydrogen) atoms. The second kappa shape index (κ2) is 10.6. The summed E-state index contributed by atoms with van der Waals surface area (Å²) >= 11 is 0. The average molecular weight is 451 g/mol. The summed E-state index contributed by atoms with van der Waals surface area (Å²) in [6.45, 7) is 4.62. The second-order valence-corrected chi connectivity index (χ2v) is 8.31. The minimum atomic E-state index is -1.43. The molecule has 2 aliphatic carbocycles. The van der Waals surface area contributed by atoms with E-state index in [9.17, 15) is 4.79 Å². The Morgan fingerprint density at radius 3 is 2.82 bits per heavy atom. The fraction of sp³-hybridized carbons (Fsp3) is 0.423. The van der Waals surface area contributed by atoms with E-state index in [2.05, 4.69) is 10.1 Å². The number of nitrogens with zero attached hydrogens (tertiary/aromatic N) is 2. The number of oxime groups is 1. The third-order valence-electron chi connectivity index (χ3n) is 5.50. The number of hydrogen-bond acceptors (Lipinski definition) is 7. The van der Waals surface area contributed by atoms with Crippen molar-refractivity contribution in [3.63, 3.8) is 0 Å². The molecule has 1 aromatic heterocycles. The molecule has 7 nitrogen and oxygen atoms in total. The lowest BCUT2D eigenvalue weighted by Crippen LogP contribution is -2.45. The van der Waals surface area contributed by atoms with Crippen molar-refractivity contribution in [3.05, 3.63) is 66.1 Å². The van der Waals surface area contributed by atoms with Gasteiger partial charge in [0.25, 0.3) is 5.79 Å². The largest absolute Gasteiger partial charge is 0.441 e. The number of oxazole rings is 1. The number of rotatable bonds is 11. The number of aryl methyl sites for hydroxylation is 1. The number of allylic oxidation sites excluding steroid dienone is 2. The number of carbonyl (C=O) groups is 1. The predicted molar refractivity (Wildman–Crippen MR) is 124 cm³/mol. The zero-order valence-electron chi connectivity index (χ0n) is 19.2. The molecule has 0 bridgehead atoms. The summed E-state index contributed by atoms with van der Waals surface area (Å²) < 4.78 is 17.8. The smallest absolute Gasteiger partial charge is 0.308 e. The van der Waals surface area contributed by atoms with E-state index in [0.29, 0.717) is 43.4 Å². The summed E-state index contributed by atoms with van der Waals surface area (Å²) in [4.78, 5) is 22.6. The van der Waals surface area contributed by atoms with Gasteiger partial charge < -0.3 is 18.7 Å². The van der Waals surface area contributed by atoms with Crippen LogP contribution >= 0.6 is 0 Å². The standard InChI is InChI=1S/C26H30N2O5/c1-3-9-24(29)33-26(16-8-7-12-23(26)28-31-18-20-13-14-20)30-17-15-22-19(2)32-25(27-22)21-10-5-4-6-11-21/h4-8,10-12,16,20H,3,9,13-15,17-18H2,1-2H3. The van der Waals surface area contributed by atoms with E-state index < -0.39 is 5.79 Å². The minimum Gasteiger partial charge on any atom is -0.441 e. The Labute approximate surface area is 194 Å². The number of carbonyl (C=O) groups excluding carboxylic acids is 1. The van der Waals surface area contributed by atoms with Gasteiger partial charge in [-0.05, 0) is 56.4 Å². The molecule has 1 atom stereocenters. The average Bonchev–Trinajstić information content (AvgIpc) is 3.57. The SMILES string of the molecule is CCCC(=O)OC1(OCCc2nc(-c3ccccc3)oc2C)C=CC=CC1=NOCC1CC1. The molecule has 1 aromatic carbocycles. The lowest BCUT2D eigenvalue weighted by molar-refractivity contribution is -0.185. The number of aromatic nitrogens is 1. The molecular formula is C26H30N2O5. The van der Waals surface area contributed by atoms with Gasteiger partial charge in [0, 0.05) is 18.4 Å². The maximum Gasteiger partial charge on any atom is 0.308 e. The van der Waals surface area contributed by atoms with Gasteiger partial charge in [-0.25, -0.2) is 4.98 Å². The molecule has 0 radical (unpaired) electrons. The Morgan fingerprint density at radius 1 is 1.24 bits per heavy atom. The van der Waals surface area contributed by atoms with Gasteiger partial charge in [-0.2, -0.15) is 0 Å². The number of ether oxygens (including phenoxy) is 2. The maximum absolute atomic E-state index is 12.4. The van der Waals surface area contributed by atoms with Crippen LogP contribution in [0.3, 0.4) is 0 Å². The molecule has 0 saturated heterocycles. The van der Waals surface area contributed by atoms with Crippen LogP contribution in [0.25, 0.3) is 11.5 Å². The van der Waals surface area contributed by atoms with Crippen LogP contribution < -0.4 is 0 Å². The summed E-state index contributed by atoms with van der Waals surface area (Å²) in [5.41, 5.74) is 2.12. The molecule has 0 amide bonds. The van der Waals surface area contributed by atoms with Gasteiger partial charge in [0.05, 0.1) is 12.3 Å². The van der Waals surface area contributed by atoms with Crippen LogP contribution in [0.1, 0.15) is 44.1 Å². The normalized spacial score (nSPS) is 20.8. The van der Waals surface area contributed by atoms with Gasteiger partial charge in [0.2, 0.25) is 5.89 Å². The van der Waals surface area contributed by atoms with Crippen molar-refractivity contribution in [3.8, 4) is 11.5 Å². The summed E-state index contributed by atoms with van der Waals surface area (Å²) in [5, 5.41) is 4.26. The van der Waals surface area contributed by atoms with Crippen molar-refractivity contribution in [2.45, 2.75) is 51.7 Å². The summed E-state index contributed by atoms with van der Waals surface area (Å²) in [6.07, 6.45) is 10.8. The molecular weight excluding hydrogens is 420 g/mol. The molecule has 4 rings (SSSR count). The minimum absolute atomic E-state index is 0.251. The van der Waals surface area contributed by atoms with Gasteiger partial charge in [-0.3, -0.25) is 4.79 Å². The Bertz CT molecular complexity index is 1040. The van der Waals surface area contributed by atoms with Crippen LogP contribution in [-0.2, 0) is 25.5 Å². The quantitative estimate of drug-likeness (QED) is 0.267. The molecule has 1 saturated carbocycles. The van der Waals surface area contributed by atoms with Crippen LogP contribution in [0.2, 0.25) is 0 Å². The van der Waals surface area contributed by atoms with Crippen molar-refractivity contribution >= 4 is 11.7 Å². The Kier molecular flexibility index (Phi) is 7.40. The molecule has 174 valence electrons. The molecule has 0 aliphatic heterocycles. The molecule has 2 aliphatic rings. The molecule has 1 fully saturated rings. The van der Waals surface area contributed by atoms with E-state index in [4.69, 9.17) is 18.7 Å². The molecule has 0 spiro atoms. The van der Waals surface area contributed by atoms with E-state index in [0.717, 1.165) is 29.9 Å². The number of hydrogen-bond donors (Lipinski definition) is 0. The first-order valence-corrected chi connectivity index (χ1v) is 11.5. The number of benzene rings is 1. The van der Waals surface area contributed by atoms with Crippen LogP contribution in [0, 0.1) is 12.8 Å². The van der Waals surface area contributed by atoms with Crippen LogP contribution in [0.4, 0.5) is 0 Å². The van der Waals surface area contributed by atoms with Gasteiger partial charge >= 0.3 is 5.97 Å². The topological polar surface area (TPSA) is 83.2 Å². The second-order valence-electron chi connectivity index (χ2n) is 8.31. The van der Waals surface area contributed by atoms with Gasteiger partial charge in [0.1, 0.15) is 12.4 Å². The van der Waals surface area contributed by atoms with Crippen molar-refractivity contribution in [2.24, 2.45) is 11.1 Å². The lowest BCUT2D eigenvalue weighted by Gasteiger charge is -2.31. The predicted octanol–water partition coefficient (Wildman–Crippen LogP) is 5.16. The molecule has 0 N–H and O–H groups in total. The molecule has 1 unspecified atom stereocenters. The zero-order valence-corrected chi connectivity index (χ0v) is 19.2. The Hall–Kier alpha value is -3.19. The van der Waals surface area contributed by atoms with E-state index in [1.54, 1.807) is 18.2 Å². The van der Waals surface area contributed by atoms with Crippen molar-refractivity contribution in [2.75, 3.05) is 13.2 Å². The van der Waals surface area contributed by atoms with E-state index >= 15 is 0 Å².